The van der Waals surface area contributed by atoms with E-state index in [4.69, 9.17) is 5.11 Å². The Balaban J connectivity index is 3.03. The van der Waals surface area contributed by atoms with Crippen LogP contribution in [-0.2, 0) is 14.8 Å². The molecule has 0 atom stereocenters. The number of carboxylic acids is 1. The monoisotopic (exact) mass is 324 g/mol. The summed E-state index contributed by atoms with van der Waals surface area (Å²) in [4.78, 5) is 11.4. The van der Waals surface area contributed by atoms with Crippen LogP contribution in [0.4, 0.5) is 13.2 Å². The topological polar surface area (TPSA) is 95.8 Å². The van der Waals surface area contributed by atoms with E-state index in [1.54, 1.807) is 6.92 Å². The lowest BCUT2D eigenvalue weighted by Crippen LogP contribution is -2.30. The second-order valence-corrected chi connectivity index (χ2v) is 5.70. The average Bonchev–Trinajstić information content (AvgIpc) is 2.33. The van der Waals surface area contributed by atoms with Crippen LogP contribution < -0.4 is 4.83 Å². The number of carbonyl (C=O) groups is 1. The maximum Gasteiger partial charge on any atom is 0.431 e. The largest absolute Gasteiger partial charge is 0.481 e. The molecule has 10 heteroatoms. The second-order valence-electron chi connectivity index (χ2n) is 4.03. The van der Waals surface area contributed by atoms with Gasteiger partial charge in [0.05, 0.1) is 11.3 Å². The fourth-order valence-electron chi connectivity index (χ4n) is 1.23. The van der Waals surface area contributed by atoms with E-state index in [1.165, 1.54) is 29.1 Å². The summed E-state index contributed by atoms with van der Waals surface area (Å²) < 4.78 is 60.9. The molecule has 0 radical (unpaired) electrons. The van der Waals surface area contributed by atoms with Crippen molar-refractivity contribution >= 4 is 21.7 Å². The number of halogens is 3. The number of nitrogens with one attached hydrogen (secondary N) is 1. The van der Waals surface area contributed by atoms with Crippen molar-refractivity contribution in [1.29, 1.82) is 0 Å². The number of aliphatic carboxylic acids is 1. The number of sulfonamides is 1. The minimum atomic E-state index is -5.05. The van der Waals surface area contributed by atoms with Gasteiger partial charge in [-0.3, -0.25) is 4.79 Å². The maximum absolute atomic E-state index is 12.5. The summed E-state index contributed by atoms with van der Waals surface area (Å²) in [6.07, 6.45) is -6.49. The van der Waals surface area contributed by atoms with Crippen LogP contribution in [-0.4, -0.2) is 31.4 Å². The third kappa shape index (κ3) is 5.06. The lowest BCUT2D eigenvalue weighted by molar-refractivity contribution is -0.136. The maximum atomic E-state index is 12.5. The van der Waals surface area contributed by atoms with Crippen LogP contribution in [0.2, 0.25) is 0 Å². The van der Waals surface area contributed by atoms with E-state index in [0.29, 0.717) is 0 Å². The molecule has 1 aromatic rings. The molecule has 0 aliphatic carbocycles. The normalized spacial score (nSPS) is 13.0. The number of nitrogens with zero attached hydrogens (tertiary/aromatic N) is 1. The fourth-order valence-corrected chi connectivity index (χ4v) is 2.06. The van der Waals surface area contributed by atoms with Gasteiger partial charge in [-0.05, 0) is 19.1 Å². The molecule has 0 saturated heterocycles. The number of hydrogen-bond donors (Lipinski definition) is 2. The molecule has 0 aliphatic rings. The quantitative estimate of drug-likeness (QED) is 0.636. The first kappa shape index (κ1) is 17.0. The Kier molecular flexibility index (Phi) is 4.94. The number of benzene rings is 1. The van der Waals surface area contributed by atoms with E-state index >= 15 is 0 Å². The number of alkyl halides is 3. The smallest absolute Gasteiger partial charge is 0.431 e. The van der Waals surface area contributed by atoms with Crippen LogP contribution in [0.5, 0.6) is 0 Å². The number of aryl methyl sites for hydroxylation is 1. The van der Waals surface area contributed by atoms with Gasteiger partial charge >= 0.3 is 12.1 Å². The zero-order chi connectivity index (χ0) is 16.3. The van der Waals surface area contributed by atoms with Crippen molar-refractivity contribution in [3.05, 3.63) is 29.8 Å². The van der Waals surface area contributed by atoms with Gasteiger partial charge in [0.25, 0.3) is 10.0 Å². The van der Waals surface area contributed by atoms with Gasteiger partial charge in [0.15, 0.2) is 5.71 Å². The molecule has 21 heavy (non-hydrogen) atoms. The lowest BCUT2D eigenvalue weighted by atomic mass is 10.2. The van der Waals surface area contributed by atoms with E-state index in [2.05, 4.69) is 5.10 Å². The first-order chi connectivity index (χ1) is 9.52. The van der Waals surface area contributed by atoms with Crippen molar-refractivity contribution in [2.24, 2.45) is 5.10 Å². The minimum Gasteiger partial charge on any atom is -0.481 e. The van der Waals surface area contributed by atoms with E-state index in [-0.39, 0.29) is 4.90 Å². The molecule has 0 bridgehead atoms. The molecule has 0 unspecified atom stereocenters. The first-order valence-electron chi connectivity index (χ1n) is 5.46. The molecule has 0 aliphatic heterocycles. The summed E-state index contributed by atoms with van der Waals surface area (Å²) in [6.45, 7) is 1.70. The van der Waals surface area contributed by atoms with Crippen LogP contribution in [0.3, 0.4) is 0 Å². The van der Waals surface area contributed by atoms with E-state index in [0.717, 1.165) is 5.56 Å². The van der Waals surface area contributed by atoms with Crippen LogP contribution in [0.1, 0.15) is 12.0 Å². The summed E-state index contributed by atoms with van der Waals surface area (Å²) in [7, 11) is -4.30. The van der Waals surface area contributed by atoms with E-state index < -0.39 is 34.3 Å². The third-order valence-corrected chi connectivity index (χ3v) is 3.50. The van der Waals surface area contributed by atoms with Crippen LogP contribution in [0.25, 0.3) is 0 Å². The van der Waals surface area contributed by atoms with Gasteiger partial charge in [0.2, 0.25) is 0 Å². The van der Waals surface area contributed by atoms with Crippen molar-refractivity contribution in [3.8, 4) is 0 Å². The number of hydrazone groups is 1. The zero-order valence-corrected chi connectivity index (χ0v) is 11.5. The lowest BCUT2D eigenvalue weighted by Gasteiger charge is -2.09. The predicted octanol–water partition coefficient (Wildman–Crippen LogP) is 1.67. The molecule has 0 spiro atoms. The summed E-state index contributed by atoms with van der Waals surface area (Å²) in [5, 5.41) is 11.0. The van der Waals surface area contributed by atoms with Crippen molar-refractivity contribution in [3.63, 3.8) is 0 Å². The van der Waals surface area contributed by atoms with Gasteiger partial charge in [-0.15, -0.1) is 0 Å². The van der Waals surface area contributed by atoms with E-state index in [1.807, 2.05) is 0 Å². The molecule has 0 amide bonds. The Labute approximate surface area is 118 Å². The summed E-state index contributed by atoms with van der Waals surface area (Å²) in [6, 6.07) is 5.30. The molecule has 1 aromatic carbocycles. The Bertz CT molecular complexity index is 651. The van der Waals surface area contributed by atoms with Crippen molar-refractivity contribution in [2.75, 3.05) is 0 Å². The molecule has 1 rings (SSSR count). The minimum absolute atomic E-state index is 0.284. The fraction of sp³-hybridized carbons (Fsp3) is 0.273. The highest BCUT2D eigenvalue weighted by atomic mass is 32.2. The Morgan fingerprint density at radius 1 is 1.29 bits per heavy atom. The van der Waals surface area contributed by atoms with Crippen molar-refractivity contribution < 1.29 is 31.5 Å². The van der Waals surface area contributed by atoms with Gasteiger partial charge in [-0.1, -0.05) is 17.7 Å². The molecular formula is C11H11F3N2O4S. The third-order valence-electron chi connectivity index (χ3n) is 2.28. The number of rotatable bonds is 5. The predicted molar refractivity (Wildman–Crippen MR) is 67.2 cm³/mol. The molecule has 0 fully saturated rings. The molecule has 0 aromatic heterocycles. The SMILES string of the molecule is Cc1ccc(S(=O)(=O)N/N=C(\CC(=O)O)C(F)(F)F)cc1. The van der Waals surface area contributed by atoms with Crippen LogP contribution in [0.15, 0.2) is 34.3 Å². The molecule has 0 saturated carbocycles. The van der Waals surface area contributed by atoms with Gasteiger partial charge in [-0.25, -0.2) is 0 Å². The summed E-state index contributed by atoms with van der Waals surface area (Å²) >= 11 is 0. The Hall–Kier alpha value is -2.10. The van der Waals surface area contributed by atoms with Gasteiger partial charge < -0.3 is 5.11 Å². The van der Waals surface area contributed by atoms with Crippen LogP contribution in [0, 0.1) is 6.92 Å². The van der Waals surface area contributed by atoms with Gasteiger partial charge in [0.1, 0.15) is 0 Å². The number of hydrogen-bond acceptors (Lipinski definition) is 4. The first-order valence-corrected chi connectivity index (χ1v) is 6.95. The second kappa shape index (κ2) is 6.12. The standard InChI is InChI=1S/C11H11F3N2O4S/c1-7-2-4-8(5-3-7)21(19,20)16-15-9(6-10(17)18)11(12,13)14/h2-5,16H,6H2,1H3,(H,17,18)/b15-9+. The van der Waals surface area contributed by atoms with Crippen molar-refractivity contribution in [2.45, 2.75) is 24.4 Å². The molecular weight excluding hydrogens is 313 g/mol. The van der Waals surface area contributed by atoms with Crippen LogP contribution >= 0.6 is 0 Å². The molecule has 0 heterocycles. The zero-order valence-electron chi connectivity index (χ0n) is 10.7. The van der Waals surface area contributed by atoms with Gasteiger partial charge in [0, 0.05) is 0 Å². The summed E-state index contributed by atoms with van der Waals surface area (Å²) in [5.74, 6) is -1.78. The number of carboxylic acid groups (broad SMARTS) is 1. The Morgan fingerprint density at radius 2 is 1.81 bits per heavy atom. The van der Waals surface area contributed by atoms with Gasteiger partial charge in [-0.2, -0.15) is 31.5 Å². The molecule has 6 nitrogen and oxygen atoms in total. The van der Waals surface area contributed by atoms with Crippen molar-refractivity contribution in [1.82, 2.24) is 4.83 Å². The Morgan fingerprint density at radius 3 is 2.24 bits per heavy atom. The van der Waals surface area contributed by atoms with E-state index in [9.17, 15) is 26.4 Å². The highest BCUT2D eigenvalue weighted by Crippen LogP contribution is 2.19. The highest BCUT2D eigenvalue weighted by molar-refractivity contribution is 7.89. The average molecular weight is 324 g/mol. The summed E-state index contributed by atoms with van der Waals surface area (Å²) in [5.41, 5.74) is -0.981. The highest BCUT2D eigenvalue weighted by Gasteiger charge is 2.37. The molecule has 2 N–H and O–H groups in total. The molecule has 116 valence electrons.